The van der Waals surface area contributed by atoms with Crippen molar-refractivity contribution in [3.8, 4) is 0 Å². The van der Waals surface area contributed by atoms with E-state index in [1.165, 1.54) is 5.56 Å². The fraction of sp³-hybridized carbons (Fsp3) is 0.455. The first kappa shape index (κ1) is 13.2. The Morgan fingerprint density at radius 3 is 1.88 bits per heavy atom. The van der Waals surface area contributed by atoms with Gasteiger partial charge in [0.15, 0.2) is 0 Å². The van der Waals surface area contributed by atoms with Gasteiger partial charge in [-0.1, -0.05) is 38.1 Å². The van der Waals surface area contributed by atoms with Crippen molar-refractivity contribution in [3.63, 3.8) is 0 Å². The zero-order chi connectivity index (χ0) is 12.3. The molecule has 5 heteroatoms. The van der Waals surface area contributed by atoms with Crippen LogP contribution in [0.15, 0.2) is 24.3 Å². The molecule has 90 valence electrons. The smallest absolute Gasteiger partial charge is 0.216 e. The van der Waals surface area contributed by atoms with E-state index in [0.29, 0.717) is 5.92 Å². The van der Waals surface area contributed by atoms with Gasteiger partial charge >= 0.3 is 0 Å². The van der Waals surface area contributed by atoms with Crippen LogP contribution in [0.1, 0.15) is 43.9 Å². The Balaban J connectivity index is 2.82. The normalized spacial score (nSPS) is 14.1. The second kappa shape index (κ2) is 4.95. The van der Waals surface area contributed by atoms with Gasteiger partial charge in [-0.15, -0.1) is 0 Å². The van der Waals surface area contributed by atoms with Gasteiger partial charge in [-0.25, -0.2) is 5.14 Å². The Morgan fingerprint density at radius 2 is 1.50 bits per heavy atom. The lowest BCUT2D eigenvalue weighted by atomic mass is 10.00. The van der Waals surface area contributed by atoms with Gasteiger partial charge in [0.05, 0.1) is 0 Å². The van der Waals surface area contributed by atoms with Crippen molar-refractivity contribution in [2.24, 2.45) is 5.14 Å². The highest BCUT2D eigenvalue weighted by Gasteiger charge is 2.11. The first-order valence-electron chi connectivity index (χ1n) is 5.19. The molecule has 0 radical (unpaired) electrons. The van der Waals surface area contributed by atoms with Gasteiger partial charge < -0.3 is 0 Å². The average Bonchev–Trinajstić information content (AvgIpc) is 2.15. The molecule has 0 saturated carbocycles. The number of hydrogen-bond donors (Lipinski definition) is 2. The molecule has 1 rings (SSSR count). The van der Waals surface area contributed by atoms with Crippen molar-refractivity contribution < 1.29 is 8.42 Å². The topological polar surface area (TPSA) is 72.2 Å². The molecule has 0 aliphatic carbocycles. The molecule has 0 aliphatic heterocycles. The summed E-state index contributed by atoms with van der Waals surface area (Å²) in [6, 6.07) is 7.52. The van der Waals surface area contributed by atoms with E-state index in [9.17, 15) is 8.42 Å². The SMILES string of the molecule is CC(C)c1ccc(C(C)NS(N)(=O)=O)cc1. The summed E-state index contributed by atoms with van der Waals surface area (Å²) in [6.07, 6.45) is 0. The third kappa shape index (κ3) is 3.92. The van der Waals surface area contributed by atoms with Gasteiger partial charge in [0.1, 0.15) is 0 Å². The van der Waals surface area contributed by atoms with Gasteiger partial charge in [0.2, 0.25) is 0 Å². The minimum Gasteiger partial charge on any atom is -0.216 e. The van der Waals surface area contributed by atoms with Crippen LogP contribution in [0.5, 0.6) is 0 Å². The Kier molecular flexibility index (Phi) is 4.07. The number of hydrogen-bond acceptors (Lipinski definition) is 2. The maximum absolute atomic E-state index is 10.9. The Morgan fingerprint density at radius 1 is 1.06 bits per heavy atom. The van der Waals surface area contributed by atoms with E-state index in [2.05, 4.69) is 18.6 Å². The lowest BCUT2D eigenvalue weighted by molar-refractivity contribution is 0.568. The quantitative estimate of drug-likeness (QED) is 0.843. The predicted molar refractivity (Wildman–Crippen MR) is 65.2 cm³/mol. The third-order valence-corrected chi connectivity index (χ3v) is 3.13. The number of benzene rings is 1. The largest absolute Gasteiger partial charge is 0.274 e. The molecule has 0 amide bonds. The first-order chi connectivity index (χ1) is 7.29. The number of rotatable bonds is 4. The highest BCUT2D eigenvalue weighted by Crippen LogP contribution is 2.18. The lowest BCUT2D eigenvalue weighted by Crippen LogP contribution is -2.32. The Labute approximate surface area is 97.0 Å². The summed E-state index contributed by atoms with van der Waals surface area (Å²) in [5.41, 5.74) is 2.13. The molecular formula is C11H18N2O2S. The number of nitrogens with two attached hydrogens (primary N) is 1. The van der Waals surface area contributed by atoms with Gasteiger partial charge in [0, 0.05) is 6.04 Å². The summed E-state index contributed by atoms with van der Waals surface area (Å²) in [5, 5.41) is 4.91. The zero-order valence-electron chi connectivity index (χ0n) is 9.77. The minimum absolute atomic E-state index is 0.309. The molecule has 0 saturated heterocycles. The third-order valence-electron chi connectivity index (χ3n) is 2.44. The lowest BCUT2D eigenvalue weighted by Gasteiger charge is -2.13. The average molecular weight is 242 g/mol. The highest BCUT2D eigenvalue weighted by atomic mass is 32.2. The molecule has 0 aromatic heterocycles. The molecule has 0 fully saturated rings. The van der Waals surface area contributed by atoms with Crippen LogP contribution in [0.3, 0.4) is 0 Å². The van der Waals surface area contributed by atoms with Crippen LogP contribution in [0.25, 0.3) is 0 Å². The van der Waals surface area contributed by atoms with Crippen molar-refractivity contribution >= 4 is 10.2 Å². The first-order valence-corrected chi connectivity index (χ1v) is 6.74. The number of nitrogens with one attached hydrogen (secondary N) is 1. The Bertz CT molecular complexity index is 438. The van der Waals surface area contributed by atoms with E-state index in [-0.39, 0.29) is 6.04 Å². The van der Waals surface area contributed by atoms with Crippen LogP contribution in [-0.4, -0.2) is 8.42 Å². The van der Waals surface area contributed by atoms with Crippen molar-refractivity contribution in [1.82, 2.24) is 4.72 Å². The van der Waals surface area contributed by atoms with Crippen LogP contribution >= 0.6 is 0 Å². The monoisotopic (exact) mass is 242 g/mol. The molecule has 0 bridgehead atoms. The highest BCUT2D eigenvalue weighted by molar-refractivity contribution is 7.87. The van der Waals surface area contributed by atoms with Crippen LogP contribution in [0.4, 0.5) is 0 Å². The van der Waals surface area contributed by atoms with Gasteiger partial charge in [-0.05, 0) is 24.0 Å². The molecule has 1 atom stereocenters. The Hall–Kier alpha value is -0.910. The molecule has 16 heavy (non-hydrogen) atoms. The molecule has 4 nitrogen and oxygen atoms in total. The summed E-state index contributed by atoms with van der Waals surface area (Å²) >= 11 is 0. The molecule has 0 spiro atoms. The molecule has 1 unspecified atom stereocenters. The van der Waals surface area contributed by atoms with Crippen molar-refractivity contribution in [2.45, 2.75) is 32.7 Å². The molecule has 0 aliphatic rings. The minimum atomic E-state index is -3.65. The fourth-order valence-electron chi connectivity index (χ4n) is 1.48. The zero-order valence-corrected chi connectivity index (χ0v) is 10.6. The summed E-state index contributed by atoms with van der Waals surface area (Å²) in [5.74, 6) is 0.468. The van der Waals surface area contributed by atoms with Crippen LogP contribution < -0.4 is 9.86 Å². The fourth-order valence-corrected chi connectivity index (χ4v) is 2.11. The van der Waals surface area contributed by atoms with Gasteiger partial charge in [-0.2, -0.15) is 13.1 Å². The second-order valence-corrected chi connectivity index (χ2v) is 5.53. The van der Waals surface area contributed by atoms with E-state index >= 15 is 0 Å². The van der Waals surface area contributed by atoms with E-state index in [0.717, 1.165) is 5.56 Å². The summed E-state index contributed by atoms with van der Waals surface area (Å²) in [7, 11) is -3.65. The summed E-state index contributed by atoms with van der Waals surface area (Å²) in [4.78, 5) is 0. The molecule has 1 aromatic rings. The van der Waals surface area contributed by atoms with Crippen molar-refractivity contribution in [3.05, 3.63) is 35.4 Å². The summed E-state index contributed by atoms with van der Waals surface area (Å²) < 4.78 is 24.0. The van der Waals surface area contributed by atoms with E-state index < -0.39 is 10.2 Å². The molecular weight excluding hydrogens is 224 g/mol. The predicted octanol–water partition coefficient (Wildman–Crippen LogP) is 1.66. The standard InChI is InChI=1S/C11H18N2O2S/c1-8(2)10-4-6-11(7-5-10)9(3)13-16(12,14)15/h4-9,13H,1-3H3,(H2,12,14,15). The van der Waals surface area contributed by atoms with Crippen LogP contribution in [0, 0.1) is 0 Å². The molecule has 1 aromatic carbocycles. The second-order valence-electron chi connectivity index (χ2n) is 4.21. The van der Waals surface area contributed by atoms with E-state index in [1.807, 2.05) is 24.3 Å². The van der Waals surface area contributed by atoms with Crippen molar-refractivity contribution in [1.29, 1.82) is 0 Å². The maximum Gasteiger partial charge on any atom is 0.274 e. The van der Waals surface area contributed by atoms with Crippen molar-refractivity contribution in [2.75, 3.05) is 0 Å². The summed E-state index contributed by atoms with van der Waals surface area (Å²) in [6.45, 7) is 5.98. The molecule has 3 N–H and O–H groups in total. The van der Waals surface area contributed by atoms with Crippen LogP contribution in [0.2, 0.25) is 0 Å². The van der Waals surface area contributed by atoms with Gasteiger partial charge in [0.25, 0.3) is 10.2 Å². The van der Waals surface area contributed by atoms with E-state index in [1.54, 1.807) is 6.92 Å². The molecule has 0 heterocycles. The van der Waals surface area contributed by atoms with Gasteiger partial charge in [-0.3, -0.25) is 0 Å². The maximum atomic E-state index is 10.9. The van der Waals surface area contributed by atoms with E-state index in [4.69, 9.17) is 5.14 Å². The van der Waals surface area contributed by atoms with Crippen LogP contribution in [-0.2, 0) is 10.2 Å².